The van der Waals surface area contributed by atoms with Gasteiger partial charge in [-0.05, 0) is 74.3 Å². The Morgan fingerprint density at radius 1 is 1.00 bits per heavy atom. The van der Waals surface area contributed by atoms with Gasteiger partial charge < -0.3 is 24.8 Å². The predicted molar refractivity (Wildman–Crippen MR) is 124 cm³/mol. The van der Waals surface area contributed by atoms with E-state index in [-0.39, 0.29) is 6.61 Å². The first-order valence-corrected chi connectivity index (χ1v) is 11.5. The quantitative estimate of drug-likeness (QED) is 0.536. The van der Waals surface area contributed by atoms with Crippen LogP contribution in [-0.4, -0.2) is 61.0 Å². The van der Waals surface area contributed by atoms with E-state index in [2.05, 4.69) is 15.2 Å². The maximum atomic E-state index is 10.5. The molecule has 0 bridgehead atoms. The first kappa shape index (κ1) is 23.5. The van der Waals surface area contributed by atoms with Crippen molar-refractivity contribution in [2.45, 2.75) is 51.2 Å². The minimum Gasteiger partial charge on any atom is -0.493 e. The molecule has 6 heteroatoms. The molecule has 0 amide bonds. The van der Waals surface area contributed by atoms with Gasteiger partial charge in [-0.15, -0.1) is 0 Å². The van der Waals surface area contributed by atoms with Gasteiger partial charge >= 0.3 is 0 Å². The lowest BCUT2D eigenvalue weighted by Gasteiger charge is -2.26. The first-order chi connectivity index (χ1) is 15.2. The average molecular weight is 428 g/mol. The SMILES string of the molecule is COc1cc(CNCCc2ccncc2)ccc1OC[C@H](O)CN1CCCCCCC1. The standard InChI is InChI=1S/C25H37N3O3/c1-30-25-17-22(18-27-14-11-21-9-12-26-13-10-21)7-8-24(25)31-20-23(29)19-28-15-5-3-2-4-6-16-28/h7-10,12-13,17,23,27,29H,2-6,11,14-16,18-20H2,1H3/t23-/m1/s1. The molecule has 0 unspecified atom stereocenters. The van der Waals surface area contributed by atoms with Crippen LogP contribution < -0.4 is 14.8 Å². The Bertz CT molecular complexity index is 749. The number of benzene rings is 1. The third-order valence-electron chi connectivity index (χ3n) is 5.75. The number of β-amino-alcohol motifs (C(OH)–C–C–N with tert-alkyl or cyclic N) is 1. The summed E-state index contributed by atoms with van der Waals surface area (Å²) >= 11 is 0. The number of rotatable bonds is 11. The van der Waals surface area contributed by atoms with Crippen molar-refractivity contribution in [2.75, 3.05) is 39.9 Å². The van der Waals surface area contributed by atoms with Crippen LogP contribution in [0.2, 0.25) is 0 Å². The van der Waals surface area contributed by atoms with Crippen molar-refractivity contribution in [2.24, 2.45) is 0 Å². The van der Waals surface area contributed by atoms with Crippen LogP contribution in [-0.2, 0) is 13.0 Å². The van der Waals surface area contributed by atoms with Crippen LogP contribution in [0.3, 0.4) is 0 Å². The van der Waals surface area contributed by atoms with Gasteiger partial charge in [0.15, 0.2) is 11.5 Å². The van der Waals surface area contributed by atoms with E-state index in [0.29, 0.717) is 18.0 Å². The summed E-state index contributed by atoms with van der Waals surface area (Å²) in [4.78, 5) is 6.41. The third-order valence-corrected chi connectivity index (χ3v) is 5.75. The van der Waals surface area contributed by atoms with E-state index in [9.17, 15) is 5.11 Å². The Morgan fingerprint density at radius 3 is 2.48 bits per heavy atom. The smallest absolute Gasteiger partial charge is 0.161 e. The monoisotopic (exact) mass is 427 g/mol. The number of hydrogen-bond acceptors (Lipinski definition) is 6. The fraction of sp³-hybridized carbons (Fsp3) is 0.560. The van der Waals surface area contributed by atoms with Gasteiger partial charge in [0.1, 0.15) is 12.7 Å². The van der Waals surface area contributed by atoms with Gasteiger partial charge in [0.05, 0.1) is 7.11 Å². The molecule has 1 aliphatic rings. The fourth-order valence-corrected chi connectivity index (χ4v) is 3.99. The summed E-state index contributed by atoms with van der Waals surface area (Å²) in [6.07, 6.45) is 10.5. The van der Waals surface area contributed by atoms with E-state index < -0.39 is 6.10 Å². The Labute approximate surface area is 186 Å². The number of likely N-dealkylation sites (tertiary alicyclic amines) is 1. The average Bonchev–Trinajstić information content (AvgIpc) is 2.78. The van der Waals surface area contributed by atoms with Crippen LogP contribution in [0.5, 0.6) is 11.5 Å². The van der Waals surface area contributed by atoms with E-state index in [4.69, 9.17) is 9.47 Å². The summed E-state index contributed by atoms with van der Waals surface area (Å²) in [5.41, 5.74) is 2.42. The number of nitrogens with one attached hydrogen (secondary N) is 1. The fourth-order valence-electron chi connectivity index (χ4n) is 3.99. The molecule has 0 spiro atoms. The summed E-state index contributed by atoms with van der Waals surface area (Å²) in [5, 5.41) is 13.9. The molecule has 2 N–H and O–H groups in total. The summed E-state index contributed by atoms with van der Waals surface area (Å²) in [6, 6.07) is 10.1. The highest BCUT2D eigenvalue weighted by atomic mass is 16.5. The summed E-state index contributed by atoms with van der Waals surface area (Å²) in [7, 11) is 1.65. The number of aromatic nitrogens is 1. The Hall–Kier alpha value is -2.15. The van der Waals surface area contributed by atoms with E-state index in [1.807, 2.05) is 42.7 Å². The van der Waals surface area contributed by atoms with Crippen molar-refractivity contribution in [3.8, 4) is 11.5 Å². The Kier molecular flexibility index (Phi) is 10.1. The zero-order valence-corrected chi connectivity index (χ0v) is 18.8. The van der Waals surface area contributed by atoms with Crippen molar-refractivity contribution in [3.63, 3.8) is 0 Å². The lowest BCUT2D eigenvalue weighted by Crippen LogP contribution is -2.37. The zero-order chi connectivity index (χ0) is 21.7. The molecule has 1 aromatic carbocycles. The van der Waals surface area contributed by atoms with Crippen LogP contribution in [0.25, 0.3) is 0 Å². The zero-order valence-electron chi connectivity index (χ0n) is 18.8. The van der Waals surface area contributed by atoms with Gasteiger partial charge in [0.2, 0.25) is 0 Å². The minimum absolute atomic E-state index is 0.274. The number of pyridine rings is 1. The van der Waals surface area contributed by atoms with E-state index >= 15 is 0 Å². The van der Waals surface area contributed by atoms with Crippen molar-refractivity contribution in [3.05, 3.63) is 53.9 Å². The lowest BCUT2D eigenvalue weighted by molar-refractivity contribution is 0.0645. The summed E-state index contributed by atoms with van der Waals surface area (Å²) in [6.45, 7) is 4.75. The predicted octanol–water partition coefficient (Wildman–Crippen LogP) is 3.43. The van der Waals surface area contributed by atoms with Gasteiger partial charge in [-0.3, -0.25) is 4.98 Å². The van der Waals surface area contributed by atoms with Crippen LogP contribution in [0.15, 0.2) is 42.7 Å². The van der Waals surface area contributed by atoms with Crippen molar-refractivity contribution >= 4 is 0 Å². The molecule has 1 saturated heterocycles. The largest absolute Gasteiger partial charge is 0.493 e. The minimum atomic E-state index is -0.501. The number of nitrogens with zero attached hydrogens (tertiary/aromatic N) is 2. The molecule has 2 heterocycles. The number of aliphatic hydroxyl groups is 1. The molecular weight excluding hydrogens is 390 g/mol. The maximum absolute atomic E-state index is 10.5. The number of methoxy groups -OCH3 is 1. The lowest BCUT2D eigenvalue weighted by atomic mass is 10.1. The second kappa shape index (κ2) is 13.3. The van der Waals surface area contributed by atoms with Crippen molar-refractivity contribution in [1.82, 2.24) is 15.2 Å². The van der Waals surface area contributed by atoms with Crippen LogP contribution >= 0.6 is 0 Å². The molecule has 1 aromatic heterocycles. The molecule has 1 aliphatic heterocycles. The highest BCUT2D eigenvalue weighted by Crippen LogP contribution is 2.28. The highest BCUT2D eigenvalue weighted by Gasteiger charge is 2.15. The molecule has 170 valence electrons. The van der Waals surface area contributed by atoms with Crippen molar-refractivity contribution < 1.29 is 14.6 Å². The van der Waals surface area contributed by atoms with Gasteiger partial charge in [0, 0.05) is 25.5 Å². The number of hydrogen-bond donors (Lipinski definition) is 2. The maximum Gasteiger partial charge on any atom is 0.161 e. The highest BCUT2D eigenvalue weighted by molar-refractivity contribution is 5.43. The topological polar surface area (TPSA) is 66.8 Å². The van der Waals surface area contributed by atoms with E-state index in [0.717, 1.165) is 38.2 Å². The molecule has 0 saturated carbocycles. The number of aliphatic hydroxyl groups excluding tert-OH is 1. The van der Waals surface area contributed by atoms with Gasteiger partial charge in [-0.25, -0.2) is 0 Å². The Balaban J connectivity index is 1.42. The molecule has 31 heavy (non-hydrogen) atoms. The third kappa shape index (κ3) is 8.48. The van der Waals surface area contributed by atoms with Gasteiger partial charge in [-0.2, -0.15) is 0 Å². The molecule has 2 aromatic rings. The molecule has 0 aliphatic carbocycles. The Morgan fingerprint density at radius 2 is 1.74 bits per heavy atom. The second-order valence-corrected chi connectivity index (χ2v) is 8.30. The summed E-state index contributed by atoms with van der Waals surface area (Å²) in [5.74, 6) is 1.38. The van der Waals surface area contributed by atoms with Crippen LogP contribution in [0.1, 0.15) is 43.2 Å². The molecule has 0 radical (unpaired) electrons. The molecule has 3 rings (SSSR count). The van der Waals surface area contributed by atoms with Crippen LogP contribution in [0.4, 0.5) is 0 Å². The molecule has 6 nitrogen and oxygen atoms in total. The van der Waals surface area contributed by atoms with Crippen LogP contribution in [0, 0.1) is 0 Å². The molecule has 1 atom stereocenters. The summed E-state index contributed by atoms with van der Waals surface area (Å²) < 4.78 is 11.4. The van der Waals surface area contributed by atoms with Crippen molar-refractivity contribution in [1.29, 1.82) is 0 Å². The van der Waals surface area contributed by atoms with Gasteiger partial charge in [-0.1, -0.05) is 25.3 Å². The van der Waals surface area contributed by atoms with E-state index in [1.165, 1.54) is 37.7 Å². The van der Waals surface area contributed by atoms with E-state index in [1.54, 1.807) is 7.11 Å². The van der Waals surface area contributed by atoms with Gasteiger partial charge in [0.25, 0.3) is 0 Å². The second-order valence-electron chi connectivity index (χ2n) is 8.30. The first-order valence-electron chi connectivity index (χ1n) is 11.5. The molecular formula is C25H37N3O3. The number of ether oxygens (including phenoxy) is 2. The molecule has 1 fully saturated rings. The normalized spacial score (nSPS) is 16.3.